The highest BCUT2D eigenvalue weighted by Gasteiger charge is 2.29. The van der Waals surface area contributed by atoms with Crippen LogP contribution in [0.5, 0.6) is 0 Å². The Labute approximate surface area is 107 Å². The van der Waals surface area contributed by atoms with Crippen molar-refractivity contribution in [3.8, 4) is 0 Å². The van der Waals surface area contributed by atoms with Gasteiger partial charge in [-0.2, -0.15) is 4.98 Å². The quantitative estimate of drug-likeness (QED) is 0.824. The van der Waals surface area contributed by atoms with E-state index in [-0.39, 0.29) is 18.6 Å². The summed E-state index contributed by atoms with van der Waals surface area (Å²) >= 11 is 0. The van der Waals surface area contributed by atoms with Gasteiger partial charge in [0.05, 0.1) is 6.61 Å². The molecule has 2 atom stereocenters. The van der Waals surface area contributed by atoms with E-state index < -0.39 is 6.04 Å². The van der Waals surface area contributed by atoms with Crippen LogP contribution in [-0.4, -0.2) is 29.0 Å². The summed E-state index contributed by atoms with van der Waals surface area (Å²) in [7, 11) is 1.67. The van der Waals surface area contributed by atoms with Crippen LogP contribution in [0.4, 0.5) is 0 Å². The molecular formula is C12H21N3O3. The molecule has 1 aromatic rings. The van der Waals surface area contributed by atoms with Gasteiger partial charge < -0.3 is 20.1 Å². The summed E-state index contributed by atoms with van der Waals surface area (Å²) in [6.07, 6.45) is 5.88. The van der Waals surface area contributed by atoms with Crippen molar-refractivity contribution in [1.29, 1.82) is 0 Å². The molecule has 1 aliphatic rings. The molecule has 6 heteroatoms. The standard InChI is InChI=1S/C12H21N3O3/c1-17-10(8-5-3-2-4-6-8)11-14-12(18-15-11)9(13)7-16/h8-10,16H,2-7,13H2,1H3/t9-,10?/m0/s1. The van der Waals surface area contributed by atoms with Gasteiger partial charge in [-0.25, -0.2) is 0 Å². The van der Waals surface area contributed by atoms with Crippen LogP contribution in [0.1, 0.15) is 56.0 Å². The molecule has 102 valence electrons. The Balaban J connectivity index is 2.09. The fourth-order valence-electron chi connectivity index (χ4n) is 2.54. The average molecular weight is 255 g/mol. The molecule has 1 heterocycles. The molecule has 0 bridgehead atoms. The lowest BCUT2D eigenvalue weighted by molar-refractivity contribution is 0.0273. The normalized spacial score (nSPS) is 20.8. The van der Waals surface area contributed by atoms with Crippen molar-refractivity contribution < 1.29 is 14.4 Å². The maximum Gasteiger partial charge on any atom is 0.246 e. The van der Waals surface area contributed by atoms with Gasteiger partial charge in [-0.05, 0) is 18.8 Å². The summed E-state index contributed by atoms with van der Waals surface area (Å²) in [5.41, 5.74) is 5.64. The lowest BCUT2D eigenvalue weighted by atomic mass is 9.85. The van der Waals surface area contributed by atoms with E-state index in [9.17, 15) is 0 Å². The largest absolute Gasteiger partial charge is 0.394 e. The topological polar surface area (TPSA) is 94.4 Å². The summed E-state index contributed by atoms with van der Waals surface area (Å²) in [6.45, 7) is -0.206. The summed E-state index contributed by atoms with van der Waals surface area (Å²) in [4.78, 5) is 4.24. The summed E-state index contributed by atoms with van der Waals surface area (Å²) < 4.78 is 10.6. The first-order chi connectivity index (χ1) is 8.76. The van der Waals surface area contributed by atoms with Crippen molar-refractivity contribution in [1.82, 2.24) is 10.1 Å². The SMILES string of the molecule is COC(c1noc([C@@H](N)CO)n1)C1CCCCC1. The molecule has 2 rings (SSSR count). The third-order valence-corrected chi connectivity index (χ3v) is 3.56. The molecule has 1 unspecified atom stereocenters. The molecule has 0 radical (unpaired) electrons. The molecule has 0 aromatic carbocycles. The van der Waals surface area contributed by atoms with Gasteiger partial charge in [-0.3, -0.25) is 0 Å². The van der Waals surface area contributed by atoms with Crippen LogP contribution in [0.3, 0.4) is 0 Å². The van der Waals surface area contributed by atoms with Gasteiger partial charge >= 0.3 is 0 Å². The van der Waals surface area contributed by atoms with E-state index in [0.29, 0.717) is 11.7 Å². The molecule has 1 saturated carbocycles. The second-order valence-corrected chi connectivity index (χ2v) is 4.83. The zero-order chi connectivity index (χ0) is 13.0. The van der Waals surface area contributed by atoms with E-state index in [0.717, 1.165) is 12.8 Å². The molecule has 0 aliphatic heterocycles. The fraction of sp³-hybridized carbons (Fsp3) is 0.833. The van der Waals surface area contributed by atoms with E-state index in [1.807, 2.05) is 0 Å². The lowest BCUT2D eigenvalue weighted by Crippen LogP contribution is -2.19. The molecule has 3 N–H and O–H groups in total. The first-order valence-electron chi connectivity index (χ1n) is 6.49. The van der Waals surface area contributed by atoms with Gasteiger partial charge in [-0.1, -0.05) is 24.4 Å². The van der Waals surface area contributed by atoms with E-state index in [1.165, 1.54) is 19.3 Å². The molecule has 1 fully saturated rings. The molecule has 1 aromatic heterocycles. The Morgan fingerprint density at radius 1 is 1.44 bits per heavy atom. The van der Waals surface area contributed by atoms with E-state index in [1.54, 1.807) is 7.11 Å². The van der Waals surface area contributed by atoms with Gasteiger partial charge in [0.1, 0.15) is 12.1 Å². The van der Waals surface area contributed by atoms with Crippen LogP contribution in [0.25, 0.3) is 0 Å². The summed E-state index contributed by atoms with van der Waals surface area (Å²) in [5, 5.41) is 12.9. The van der Waals surface area contributed by atoms with Crippen LogP contribution in [0.15, 0.2) is 4.52 Å². The second kappa shape index (κ2) is 6.26. The first-order valence-corrected chi connectivity index (χ1v) is 6.49. The van der Waals surface area contributed by atoms with E-state index in [4.69, 9.17) is 20.1 Å². The average Bonchev–Trinajstić information content (AvgIpc) is 2.89. The smallest absolute Gasteiger partial charge is 0.246 e. The Morgan fingerprint density at radius 3 is 2.78 bits per heavy atom. The van der Waals surface area contributed by atoms with Crippen molar-refractivity contribution in [2.45, 2.75) is 44.2 Å². The molecule has 1 aliphatic carbocycles. The maximum absolute atomic E-state index is 8.96. The summed E-state index contributed by atoms with van der Waals surface area (Å²) in [5.74, 6) is 1.26. The number of hydrogen-bond donors (Lipinski definition) is 2. The minimum atomic E-state index is -0.616. The van der Waals surface area contributed by atoms with Gasteiger partial charge in [0.15, 0.2) is 0 Å². The molecule has 0 saturated heterocycles. The highest BCUT2D eigenvalue weighted by Crippen LogP contribution is 2.35. The Bertz CT molecular complexity index is 363. The highest BCUT2D eigenvalue weighted by atomic mass is 16.5. The van der Waals surface area contributed by atoms with Gasteiger partial charge in [0.2, 0.25) is 11.7 Å². The predicted molar refractivity (Wildman–Crippen MR) is 64.6 cm³/mol. The highest BCUT2D eigenvalue weighted by molar-refractivity contribution is 4.97. The fourth-order valence-corrected chi connectivity index (χ4v) is 2.54. The van der Waals surface area contributed by atoms with Crippen LogP contribution in [0, 0.1) is 5.92 Å². The second-order valence-electron chi connectivity index (χ2n) is 4.83. The van der Waals surface area contributed by atoms with Crippen molar-refractivity contribution in [2.24, 2.45) is 11.7 Å². The zero-order valence-corrected chi connectivity index (χ0v) is 10.7. The number of rotatable bonds is 5. The van der Waals surface area contributed by atoms with Crippen molar-refractivity contribution in [3.05, 3.63) is 11.7 Å². The zero-order valence-electron chi connectivity index (χ0n) is 10.7. The maximum atomic E-state index is 8.96. The number of methoxy groups -OCH3 is 1. The third kappa shape index (κ3) is 2.88. The van der Waals surface area contributed by atoms with Gasteiger partial charge in [0.25, 0.3) is 0 Å². The number of nitrogens with two attached hydrogens (primary N) is 1. The number of nitrogens with zero attached hydrogens (tertiary/aromatic N) is 2. The Kier molecular flexibility index (Phi) is 4.68. The number of ether oxygens (including phenoxy) is 1. The van der Waals surface area contributed by atoms with Crippen LogP contribution in [-0.2, 0) is 4.74 Å². The van der Waals surface area contributed by atoms with Crippen LogP contribution >= 0.6 is 0 Å². The van der Waals surface area contributed by atoms with Crippen molar-refractivity contribution in [2.75, 3.05) is 13.7 Å². The van der Waals surface area contributed by atoms with E-state index >= 15 is 0 Å². The minimum Gasteiger partial charge on any atom is -0.394 e. The number of aliphatic hydroxyl groups is 1. The van der Waals surface area contributed by atoms with E-state index in [2.05, 4.69) is 10.1 Å². The third-order valence-electron chi connectivity index (χ3n) is 3.56. The van der Waals surface area contributed by atoms with Gasteiger partial charge in [0, 0.05) is 7.11 Å². The molecule has 0 spiro atoms. The molecule has 0 amide bonds. The first kappa shape index (κ1) is 13.5. The summed E-state index contributed by atoms with van der Waals surface area (Å²) in [6, 6.07) is -0.616. The van der Waals surface area contributed by atoms with Crippen molar-refractivity contribution >= 4 is 0 Å². The Hall–Kier alpha value is -0.980. The van der Waals surface area contributed by atoms with Crippen LogP contribution in [0.2, 0.25) is 0 Å². The van der Waals surface area contributed by atoms with Crippen molar-refractivity contribution in [3.63, 3.8) is 0 Å². The Morgan fingerprint density at radius 2 is 2.17 bits per heavy atom. The minimum absolute atomic E-state index is 0.131. The predicted octanol–water partition coefficient (Wildman–Crippen LogP) is 1.33. The number of aliphatic hydroxyl groups excluding tert-OH is 1. The number of aromatic nitrogens is 2. The number of hydrogen-bond acceptors (Lipinski definition) is 6. The molecule has 18 heavy (non-hydrogen) atoms. The monoisotopic (exact) mass is 255 g/mol. The lowest BCUT2D eigenvalue weighted by Gasteiger charge is -2.26. The van der Waals surface area contributed by atoms with Crippen LogP contribution < -0.4 is 5.73 Å². The van der Waals surface area contributed by atoms with Gasteiger partial charge in [-0.15, -0.1) is 0 Å². The molecule has 6 nitrogen and oxygen atoms in total. The molecular weight excluding hydrogens is 234 g/mol.